The van der Waals surface area contributed by atoms with E-state index in [1.54, 1.807) is 35.5 Å². The molecule has 1 fully saturated rings. The molecule has 1 saturated heterocycles. The summed E-state index contributed by atoms with van der Waals surface area (Å²) in [5.74, 6) is -0.557. The maximum Gasteiger partial charge on any atom is 0.240 e. The lowest BCUT2D eigenvalue weighted by molar-refractivity contribution is -0.133. The van der Waals surface area contributed by atoms with Gasteiger partial charge in [-0.3, -0.25) is 9.59 Å². The van der Waals surface area contributed by atoms with Crippen molar-refractivity contribution >= 4 is 11.8 Å². The van der Waals surface area contributed by atoms with E-state index < -0.39 is 0 Å². The summed E-state index contributed by atoms with van der Waals surface area (Å²) < 4.78 is 15.2. The van der Waals surface area contributed by atoms with E-state index in [0.717, 1.165) is 12.0 Å². The van der Waals surface area contributed by atoms with Gasteiger partial charge >= 0.3 is 0 Å². The average molecular weight is 330 g/mol. The summed E-state index contributed by atoms with van der Waals surface area (Å²) in [5.41, 5.74) is 1.12. The molecule has 6 nitrogen and oxygen atoms in total. The van der Waals surface area contributed by atoms with Crippen molar-refractivity contribution in [3.8, 4) is 5.69 Å². The number of amides is 2. The van der Waals surface area contributed by atoms with Crippen LogP contribution in [-0.2, 0) is 9.59 Å². The maximum absolute atomic E-state index is 13.8. The molecule has 1 aromatic carbocycles. The standard InChI is InChI=1S/C17H19FN4O2/c1-12(20-16(23)11-21-8-4-7-17(21)24)13-9-19-22(10-13)15-6-3-2-5-14(15)18/h2-3,5-6,9-10,12H,4,7-8,11H2,1H3,(H,20,23). The van der Waals surface area contributed by atoms with Gasteiger partial charge in [-0.05, 0) is 25.5 Å². The summed E-state index contributed by atoms with van der Waals surface area (Å²) in [5, 5.41) is 6.99. The summed E-state index contributed by atoms with van der Waals surface area (Å²) in [6, 6.07) is 6.07. The van der Waals surface area contributed by atoms with Gasteiger partial charge < -0.3 is 10.2 Å². The molecule has 1 aliphatic rings. The molecule has 24 heavy (non-hydrogen) atoms. The number of nitrogens with zero attached hydrogens (tertiary/aromatic N) is 3. The van der Waals surface area contributed by atoms with Crippen LogP contribution in [-0.4, -0.2) is 39.6 Å². The minimum absolute atomic E-state index is 0.0187. The lowest BCUT2D eigenvalue weighted by Crippen LogP contribution is -2.38. The van der Waals surface area contributed by atoms with Gasteiger partial charge in [0.15, 0.2) is 0 Å². The Kier molecular flexibility index (Phi) is 4.59. The first-order chi connectivity index (χ1) is 11.5. The minimum atomic E-state index is -0.364. The number of benzene rings is 1. The van der Waals surface area contributed by atoms with E-state index in [0.29, 0.717) is 18.7 Å². The van der Waals surface area contributed by atoms with E-state index >= 15 is 0 Å². The summed E-state index contributed by atoms with van der Waals surface area (Å²) in [7, 11) is 0. The molecule has 1 N–H and O–H groups in total. The number of carbonyl (C=O) groups excluding carboxylic acids is 2. The zero-order valence-electron chi connectivity index (χ0n) is 13.4. The predicted molar refractivity (Wildman–Crippen MR) is 85.9 cm³/mol. The molecular formula is C17H19FN4O2. The molecule has 1 aliphatic heterocycles. The van der Waals surface area contributed by atoms with Crippen LogP contribution in [0.5, 0.6) is 0 Å². The van der Waals surface area contributed by atoms with Crippen molar-refractivity contribution in [2.24, 2.45) is 0 Å². The van der Waals surface area contributed by atoms with Gasteiger partial charge in [-0.15, -0.1) is 0 Å². The number of carbonyl (C=O) groups is 2. The Hall–Kier alpha value is -2.70. The molecule has 126 valence electrons. The molecule has 7 heteroatoms. The zero-order chi connectivity index (χ0) is 17.1. The molecule has 1 atom stereocenters. The van der Waals surface area contributed by atoms with Crippen molar-refractivity contribution in [1.82, 2.24) is 20.0 Å². The van der Waals surface area contributed by atoms with Gasteiger partial charge in [-0.2, -0.15) is 5.10 Å². The number of para-hydroxylation sites is 1. The van der Waals surface area contributed by atoms with Crippen molar-refractivity contribution in [1.29, 1.82) is 0 Å². The van der Waals surface area contributed by atoms with E-state index in [-0.39, 0.29) is 30.2 Å². The molecule has 3 rings (SSSR count). The highest BCUT2D eigenvalue weighted by atomic mass is 19.1. The van der Waals surface area contributed by atoms with Crippen molar-refractivity contribution in [3.63, 3.8) is 0 Å². The third kappa shape index (κ3) is 3.45. The Morgan fingerprint density at radius 3 is 2.92 bits per heavy atom. The minimum Gasteiger partial charge on any atom is -0.348 e. The Morgan fingerprint density at radius 1 is 1.42 bits per heavy atom. The third-order valence-corrected chi connectivity index (χ3v) is 4.09. The summed E-state index contributed by atoms with van der Waals surface area (Å²) >= 11 is 0. The van der Waals surface area contributed by atoms with Gasteiger partial charge in [0.25, 0.3) is 0 Å². The fourth-order valence-electron chi connectivity index (χ4n) is 2.74. The summed E-state index contributed by atoms with van der Waals surface area (Å²) in [6.07, 6.45) is 4.60. The number of likely N-dealkylation sites (tertiary alicyclic amines) is 1. The predicted octanol–water partition coefficient (Wildman–Crippen LogP) is 1.81. The van der Waals surface area contributed by atoms with Gasteiger partial charge in [0, 0.05) is 24.7 Å². The monoisotopic (exact) mass is 330 g/mol. The number of aromatic nitrogens is 2. The van der Waals surface area contributed by atoms with Crippen LogP contribution >= 0.6 is 0 Å². The topological polar surface area (TPSA) is 67.2 Å². The fraction of sp³-hybridized carbons (Fsp3) is 0.353. The first-order valence-corrected chi connectivity index (χ1v) is 7.91. The summed E-state index contributed by atoms with van der Waals surface area (Å²) in [6.45, 7) is 2.53. The molecule has 0 saturated carbocycles. The fourth-order valence-corrected chi connectivity index (χ4v) is 2.74. The smallest absolute Gasteiger partial charge is 0.240 e. The van der Waals surface area contributed by atoms with Crippen LogP contribution in [0.25, 0.3) is 5.69 Å². The number of hydrogen-bond donors (Lipinski definition) is 1. The van der Waals surface area contributed by atoms with Gasteiger partial charge in [-0.1, -0.05) is 12.1 Å². The second kappa shape index (κ2) is 6.82. The first-order valence-electron chi connectivity index (χ1n) is 7.91. The highest BCUT2D eigenvalue weighted by molar-refractivity contribution is 5.86. The quantitative estimate of drug-likeness (QED) is 0.909. The Morgan fingerprint density at radius 2 is 2.21 bits per heavy atom. The van der Waals surface area contributed by atoms with Crippen LogP contribution < -0.4 is 5.32 Å². The van der Waals surface area contributed by atoms with Gasteiger partial charge in [0.05, 0.1) is 18.8 Å². The van der Waals surface area contributed by atoms with E-state index in [1.165, 1.54) is 10.7 Å². The van der Waals surface area contributed by atoms with E-state index in [1.807, 2.05) is 6.92 Å². The molecule has 1 aromatic heterocycles. The average Bonchev–Trinajstić information content (AvgIpc) is 3.18. The largest absolute Gasteiger partial charge is 0.348 e. The molecule has 1 unspecified atom stereocenters. The number of rotatable bonds is 5. The van der Waals surface area contributed by atoms with Crippen LogP contribution in [0, 0.1) is 5.82 Å². The first kappa shape index (κ1) is 16.2. The van der Waals surface area contributed by atoms with Crippen molar-refractivity contribution < 1.29 is 14.0 Å². The molecule has 0 aliphatic carbocycles. The molecule has 0 bridgehead atoms. The van der Waals surface area contributed by atoms with E-state index in [9.17, 15) is 14.0 Å². The van der Waals surface area contributed by atoms with E-state index in [4.69, 9.17) is 0 Å². The lowest BCUT2D eigenvalue weighted by atomic mass is 10.2. The maximum atomic E-state index is 13.8. The van der Waals surface area contributed by atoms with Crippen molar-refractivity contribution in [2.45, 2.75) is 25.8 Å². The van der Waals surface area contributed by atoms with Gasteiger partial charge in [0.2, 0.25) is 11.8 Å². The number of nitrogens with one attached hydrogen (secondary N) is 1. The Labute approximate surface area is 139 Å². The molecule has 0 spiro atoms. The molecule has 2 heterocycles. The Balaban J connectivity index is 1.63. The second-order valence-corrected chi connectivity index (χ2v) is 5.88. The van der Waals surface area contributed by atoms with Crippen LogP contribution in [0.4, 0.5) is 4.39 Å². The van der Waals surface area contributed by atoms with Crippen LogP contribution in [0.2, 0.25) is 0 Å². The normalized spacial score (nSPS) is 15.6. The molecule has 2 amide bonds. The third-order valence-electron chi connectivity index (χ3n) is 4.09. The molecular weight excluding hydrogens is 311 g/mol. The second-order valence-electron chi connectivity index (χ2n) is 5.88. The van der Waals surface area contributed by atoms with Gasteiger partial charge in [-0.25, -0.2) is 9.07 Å². The lowest BCUT2D eigenvalue weighted by Gasteiger charge is -2.17. The van der Waals surface area contributed by atoms with Gasteiger partial charge in [0.1, 0.15) is 11.5 Å². The molecule has 2 aromatic rings. The Bertz CT molecular complexity index is 759. The van der Waals surface area contributed by atoms with Crippen LogP contribution in [0.1, 0.15) is 31.4 Å². The summed E-state index contributed by atoms with van der Waals surface area (Å²) in [4.78, 5) is 25.2. The van der Waals surface area contributed by atoms with E-state index in [2.05, 4.69) is 10.4 Å². The molecule has 0 radical (unpaired) electrons. The van der Waals surface area contributed by atoms with Crippen molar-refractivity contribution in [2.75, 3.05) is 13.1 Å². The highest BCUT2D eigenvalue weighted by Crippen LogP contribution is 2.17. The number of hydrogen-bond acceptors (Lipinski definition) is 3. The SMILES string of the molecule is CC(NC(=O)CN1CCCC1=O)c1cnn(-c2ccccc2F)c1. The van der Waals surface area contributed by atoms with Crippen LogP contribution in [0.3, 0.4) is 0 Å². The number of halogens is 1. The van der Waals surface area contributed by atoms with Crippen molar-refractivity contribution in [3.05, 3.63) is 48.0 Å². The van der Waals surface area contributed by atoms with Crippen LogP contribution in [0.15, 0.2) is 36.7 Å². The highest BCUT2D eigenvalue weighted by Gasteiger charge is 2.23. The zero-order valence-corrected chi connectivity index (χ0v) is 13.4.